The van der Waals surface area contributed by atoms with Gasteiger partial charge in [0, 0.05) is 31.1 Å². The lowest BCUT2D eigenvalue weighted by atomic mass is 9.78. The third-order valence-electron chi connectivity index (χ3n) is 7.76. The highest BCUT2D eigenvalue weighted by atomic mass is 32.2. The van der Waals surface area contributed by atoms with Crippen LogP contribution >= 0.6 is 11.8 Å². The summed E-state index contributed by atoms with van der Waals surface area (Å²) in [4.78, 5) is 46.7. The zero-order valence-corrected chi connectivity index (χ0v) is 21.0. The van der Waals surface area contributed by atoms with E-state index in [-0.39, 0.29) is 29.6 Å². The number of likely N-dealkylation sites (tertiary alicyclic amines) is 1. The lowest BCUT2D eigenvalue weighted by molar-refractivity contribution is -0.144. The predicted octanol–water partition coefficient (Wildman–Crippen LogP) is 1.69. The molecule has 0 saturated carbocycles. The van der Waals surface area contributed by atoms with Crippen LogP contribution in [0.25, 0.3) is 0 Å². The van der Waals surface area contributed by atoms with Crippen molar-refractivity contribution in [3.05, 3.63) is 48.6 Å². The molecule has 2 fully saturated rings. The molecule has 0 aromatic heterocycles. The van der Waals surface area contributed by atoms with Crippen molar-refractivity contribution in [1.29, 1.82) is 0 Å². The average molecular weight is 498 g/mol. The third-order valence-corrected chi connectivity index (χ3v) is 9.50. The number of rotatable bonds is 5. The van der Waals surface area contributed by atoms with E-state index < -0.39 is 28.7 Å². The van der Waals surface area contributed by atoms with Crippen molar-refractivity contribution < 1.29 is 24.2 Å². The summed E-state index contributed by atoms with van der Waals surface area (Å²) in [6.07, 6.45) is 8.44. The molecule has 35 heavy (non-hydrogen) atoms. The number of methoxy groups -OCH3 is 1. The molecule has 1 N–H and O–H groups in total. The second-order valence-corrected chi connectivity index (χ2v) is 11.0. The van der Waals surface area contributed by atoms with Gasteiger partial charge >= 0.3 is 0 Å². The summed E-state index contributed by atoms with van der Waals surface area (Å²) in [5.74, 6) is -1.02. The minimum Gasteiger partial charge on any atom is -0.497 e. The van der Waals surface area contributed by atoms with Crippen molar-refractivity contribution in [2.24, 2.45) is 11.8 Å². The van der Waals surface area contributed by atoms with Crippen LogP contribution in [-0.2, 0) is 14.4 Å². The van der Waals surface area contributed by atoms with Crippen molar-refractivity contribution >= 4 is 35.2 Å². The van der Waals surface area contributed by atoms with E-state index in [4.69, 9.17) is 4.74 Å². The standard InChI is InChI=1S/C26H31N3O5S/c1-4-16(15-30)29-22-25(33)28(17-8-10-18(34-3)11-9-17)14-6-12-26(22)21(24(29)32)20-19(35-26)7-5-13-27(2)23(20)31/h5-12,16,19-22,30H,4,13-15H2,1-3H3/t16-,19+,20-,21-,22?,26-/m0/s1. The highest BCUT2D eigenvalue weighted by Crippen LogP contribution is 2.61. The molecular formula is C26H31N3O5S. The molecule has 4 aliphatic rings. The first-order chi connectivity index (χ1) is 16.9. The molecule has 1 aromatic carbocycles. The molecule has 8 nitrogen and oxygen atoms in total. The first-order valence-electron chi connectivity index (χ1n) is 12.0. The number of hydrogen-bond donors (Lipinski definition) is 1. The molecule has 0 bridgehead atoms. The molecule has 1 aromatic rings. The fraction of sp³-hybridized carbons (Fsp3) is 0.500. The quantitative estimate of drug-likeness (QED) is 0.623. The van der Waals surface area contributed by atoms with E-state index >= 15 is 0 Å². The maximum Gasteiger partial charge on any atom is 0.251 e. The van der Waals surface area contributed by atoms with Crippen LogP contribution in [0.3, 0.4) is 0 Å². The number of hydrogen-bond acceptors (Lipinski definition) is 6. The highest BCUT2D eigenvalue weighted by Gasteiger charge is 2.71. The van der Waals surface area contributed by atoms with Crippen LogP contribution in [0.15, 0.2) is 48.6 Å². The van der Waals surface area contributed by atoms with Crippen molar-refractivity contribution in [2.75, 3.05) is 38.8 Å². The summed E-state index contributed by atoms with van der Waals surface area (Å²) in [5, 5.41) is 9.99. The van der Waals surface area contributed by atoms with Gasteiger partial charge in [-0.15, -0.1) is 11.8 Å². The highest BCUT2D eigenvalue weighted by molar-refractivity contribution is 8.02. The van der Waals surface area contributed by atoms with Crippen molar-refractivity contribution in [2.45, 2.75) is 35.4 Å². The van der Waals surface area contributed by atoms with E-state index in [0.717, 1.165) is 0 Å². The predicted molar refractivity (Wildman–Crippen MR) is 134 cm³/mol. The lowest BCUT2D eigenvalue weighted by Crippen LogP contribution is -2.56. The minimum atomic E-state index is -0.883. The summed E-state index contributed by atoms with van der Waals surface area (Å²) in [6.45, 7) is 2.51. The Hall–Kier alpha value is -2.78. The fourth-order valence-corrected chi connectivity index (χ4v) is 8.00. The second-order valence-electron chi connectivity index (χ2n) is 9.53. The maximum atomic E-state index is 14.3. The molecule has 3 amide bonds. The molecule has 2 saturated heterocycles. The van der Waals surface area contributed by atoms with Crippen LogP contribution in [0.1, 0.15) is 13.3 Å². The van der Waals surface area contributed by atoms with Gasteiger partial charge in [0.25, 0.3) is 5.91 Å². The summed E-state index contributed by atoms with van der Waals surface area (Å²) >= 11 is 1.55. The zero-order chi connectivity index (χ0) is 24.9. The number of nitrogens with zero attached hydrogens (tertiary/aromatic N) is 3. The summed E-state index contributed by atoms with van der Waals surface area (Å²) in [6, 6.07) is 5.95. The first kappa shape index (κ1) is 23.9. The van der Waals surface area contributed by atoms with Crippen LogP contribution in [0.2, 0.25) is 0 Å². The van der Waals surface area contributed by atoms with E-state index in [9.17, 15) is 19.5 Å². The van der Waals surface area contributed by atoms with Gasteiger partial charge in [0.1, 0.15) is 11.8 Å². The van der Waals surface area contributed by atoms with Gasteiger partial charge in [-0.2, -0.15) is 0 Å². The number of thioether (sulfide) groups is 1. The van der Waals surface area contributed by atoms with Crippen LogP contribution in [0.4, 0.5) is 5.69 Å². The van der Waals surface area contributed by atoms with Crippen LogP contribution in [0.5, 0.6) is 5.75 Å². The van der Waals surface area contributed by atoms with E-state index in [2.05, 4.69) is 0 Å². The van der Waals surface area contributed by atoms with Gasteiger partial charge in [-0.1, -0.05) is 31.2 Å². The number of likely N-dealkylation sites (N-methyl/N-ethyl adjacent to an activating group) is 1. The minimum absolute atomic E-state index is 0.0718. The van der Waals surface area contributed by atoms with Crippen molar-refractivity contribution in [3.8, 4) is 5.75 Å². The third kappa shape index (κ3) is 3.50. The number of benzene rings is 1. The topological polar surface area (TPSA) is 90.4 Å². The summed E-state index contributed by atoms with van der Waals surface area (Å²) in [7, 11) is 3.34. The number of ether oxygens (including phenoxy) is 1. The SMILES string of the molecule is CC[C@@H](CO)N1C(=O)[C@@H]2[C@H]3C(=O)N(C)CC=C[C@H]3S[C@@]23C=CCN(c2ccc(OC)cc2)C(=O)C13. The molecule has 1 unspecified atom stereocenters. The normalized spacial score (nSPS) is 32.8. The monoisotopic (exact) mass is 497 g/mol. The van der Waals surface area contributed by atoms with Gasteiger partial charge in [-0.3, -0.25) is 14.4 Å². The van der Waals surface area contributed by atoms with E-state index in [1.54, 1.807) is 52.8 Å². The van der Waals surface area contributed by atoms with Crippen LogP contribution in [-0.4, -0.2) is 88.6 Å². The molecule has 6 atom stereocenters. The Labute approximate surface area is 209 Å². The molecular weight excluding hydrogens is 466 g/mol. The summed E-state index contributed by atoms with van der Waals surface area (Å²) < 4.78 is 4.38. The molecule has 0 aliphatic carbocycles. The second kappa shape index (κ2) is 9.02. The molecule has 4 heterocycles. The van der Waals surface area contributed by atoms with Crippen LogP contribution < -0.4 is 9.64 Å². The molecule has 9 heteroatoms. The molecule has 186 valence electrons. The van der Waals surface area contributed by atoms with E-state index in [1.165, 1.54) is 0 Å². The van der Waals surface area contributed by atoms with Crippen molar-refractivity contribution in [1.82, 2.24) is 9.80 Å². The van der Waals surface area contributed by atoms with Crippen molar-refractivity contribution in [3.63, 3.8) is 0 Å². The lowest BCUT2D eigenvalue weighted by Gasteiger charge is -2.38. The fourth-order valence-electron chi connectivity index (χ4n) is 6.00. The van der Waals surface area contributed by atoms with E-state index in [0.29, 0.717) is 30.9 Å². The molecule has 1 spiro atoms. The number of fused-ring (bicyclic) bond motifs is 2. The largest absolute Gasteiger partial charge is 0.497 e. The Morgan fingerprint density at radius 2 is 1.86 bits per heavy atom. The van der Waals surface area contributed by atoms with E-state index in [1.807, 2.05) is 43.4 Å². The van der Waals surface area contributed by atoms with Gasteiger partial charge in [0.05, 0.1) is 36.3 Å². The number of amides is 3. The first-order valence-corrected chi connectivity index (χ1v) is 12.9. The molecule has 0 radical (unpaired) electrons. The average Bonchev–Trinajstić information content (AvgIpc) is 3.19. The Kier molecular flexibility index (Phi) is 6.17. The molecule has 5 rings (SSSR count). The number of carbonyl (C=O) groups is 3. The number of aliphatic hydroxyl groups is 1. The number of anilines is 1. The molecule has 4 aliphatic heterocycles. The Morgan fingerprint density at radius 3 is 2.51 bits per heavy atom. The smallest absolute Gasteiger partial charge is 0.251 e. The Morgan fingerprint density at radius 1 is 1.11 bits per heavy atom. The zero-order valence-electron chi connectivity index (χ0n) is 20.2. The number of aliphatic hydroxyl groups excluding tert-OH is 1. The Bertz CT molecular complexity index is 1080. The van der Waals surface area contributed by atoms with Crippen LogP contribution in [0, 0.1) is 11.8 Å². The van der Waals surface area contributed by atoms with Gasteiger partial charge in [-0.05, 0) is 30.7 Å². The summed E-state index contributed by atoms with van der Waals surface area (Å²) in [5.41, 5.74) is 0.707. The van der Waals surface area contributed by atoms with Gasteiger partial charge in [-0.25, -0.2) is 0 Å². The Balaban J connectivity index is 1.63. The van der Waals surface area contributed by atoms with Gasteiger partial charge in [0.15, 0.2) is 0 Å². The number of carbonyl (C=O) groups excluding carboxylic acids is 3. The van der Waals surface area contributed by atoms with Gasteiger partial charge < -0.3 is 24.5 Å². The maximum absolute atomic E-state index is 14.3. The van der Waals surface area contributed by atoms with Gasteiger partial charge in [0.2, 0.25) is 11.8 Å².